The Bertz CT molecular complexity index is 231. The van der Waals surface area contributed by atoms with Crippen LogP contribution in [0.2, 0.25) is 0 Å². The summed E-state index contributed by atoms with van der Waals surface area (Å²) in [7, 11) is 0. The van der Waals surface area contributed by atoms with Crippen molar-refractivity contribution in [3.8, 4) is 0 Å². The zero-order valence-electron chi connectivity index (χ0n) is 5.94. The third kappa shape index (κ3) is 2.48. The topological polar surface area (TPSA) is 20.2 Å². The van der Waals surface area contributed by atoms with Crippen LogP contribution < -0.4 is 0 Å². The van der Waals surface area contributed by atoms with Gasteiger partial charge in [0, 0.05) is 0 Å². The van der Waals surface area contributed by atoms with Crippen molar-refractivity contribution in [2.45, 2.75) is 6.10 Å². The van der Waals surface area contributed by atoms with Crippen LogP contribution in [0.5, 0.6) is 0 Å². The van der Waals surface area contributed by atoms with E-state index in [-0.39, 0.29) is 0 Å². The van der Waals surface area contributed by atoms with Crippen molar-refractivity contribution < 1.29 is 5.11 Å². The van der Waals surface area contributed by atoms with Gasteiger partial charge in [-0.2, -0.15) is 0 Å². The molecule has 0 fully saturated rings. The predicted octanol–water partition coefficient (Wildman–Crippen LogP) is 2.63. The van der Waals surface area contributed by atoms with Crippen LogP contribution in [0.1, 0.15) is 11.7 Å². The first-order valence-corrected chi connectivity index (χ1v) is 4.26. The summed E-state index contributed by atoms with van der Waals surface area (Å²) in [4.78, 5) is 1.66. The van der Waals surface area contributed by atoms with Gasteiger partial charge >= 0.3 is 0 Å². The molecule has 1 atom stereocenters. The molecule has 0 bridgehead atoms. The van der Waals surface area contributed by atoms with Gasteiger partial charge in [0.25, 0.3) is 0 Å². The maximum Gasteiger partial charge on any atom is 0.0979 e. The second-order valence-corrected chi connectivity index (χ2v) is 2.70. The SMILES string of the molecule is O[C@@H](/C=C/Br)c1ccccc1. The van der Waals surface area contributed by atoms with Crippen LogP contribution in [0.4, 0.5) is 0 Å². The molecule has 1 N–H and O–H groups in total. The Hall–Kier alpha value is -0.600. The number of halogens is 1. The summed E-state index contributed by atoms with van der Waals surface area (Å²) in [5.41, 5.74) is 0.906. The Morgan fingerprint density at radius 1 is 1.27 bits per heavy atom. The van der Waals surface area contributed by atoms with Gasteiger partial charge in [0.1, 0.15) is 0 Å². The molecule has 1 nitrogen and oxygen atoms in total. The molecule has 0 heterocycles. The molecule has 58 valence electrons. The first kappa shape index (κ1) is 8.50. The summed E-state index contributed by atoms with van der Waals surface area (Å²) < 4.78 is 0. The molecule has 1 aromatic rings. The fourth-order valence-corrected chi connectivity index (χ4v) is 1.12. The second kappa shape index (κ2) is 4.31. The van der Waals surface area contributed by atoms with Crippen LogP contribution in [0, 0.1) is 0 Å². The van der Waals surface area contributed by atoms with Gasteiger partial charge in [-0.05, 0) is 16.6 Å². The average Bonchev–Trinajstić information content (AvgIpc) is 2.07. The first-order valence-electron chi connectivity index (χ1n) is 3.34. The molecular formula is C9H9BrO. The third-order valence-electron chi connectivity index (χ3n) is 1.40. The lowest BCUT2D eigenvalue weighted by molar-refractivity contribution is 0.229. The van der Waals surface area contributed by atoms with Crippen LogP contribution in [0.25, 0.3) is 0 Å². The minimum Gasteiger partial charge on any atom is -0.384 e. The van der Waals surface area contributed by atoms with E-state index in [1.807, 2.05) is 30.3 Å². The molecule has 2 heteroatoms. The lowest BCUT2D eigenvalue weighted by Crippen LogP contribution is -1.90. The predicted molar refractivity (Wildman–Crippen MR) is 49.5 cm³/mol. The van der Waals surface area contributed by atoms with Crippen molar-refractivity contribution in [1.82, 2.24) is 0 Å². The highest BCUT2D eigenvalue weighted by atomic mass is 79.9. The Labute approximate surface area is 74.5 Å². The van der Waals surface area contributed by atoms with E-state index in [1.54, 1.807) is 11.1 Å². The van der Waals surface area contributed by atoms with Crippen molar-refractivity contribution >= 4 is 15.9 Å². The van der Waals surface area contributed by atoms with Gasteiger partial charge in [0.15, 0.2) is 0 Å². The van der Waals surface area contributed by atoms with Gasteiger partial charge in [-0.15, -0.1) is 0 Å². The molecule has 0 aromatic heterocycles. The van der Waals surface area contributed by atoms with Gasteiger partial charge < -0.3 is 5.11 Å². The summed E-state index contributed by atoms with van der Waals surface area (Å²) >= 11 is 3.11. The Balaban J connectivity index is 2.76. The first-order chi connectivity index (χ1) is 5.34. The number of aliphatic hydroxyl groups excluding tert-OH is 1. The van der Waals surface area contributed by atoms with Gasteiger partial charge in [-0.25, -0.2) is 0 Å². The summed E-state index contributed by atoms with van der Waals surface area (Å²) in [6.07, 6.45) is 1.17. The molecule has 0 aliphatic rings. The van der Waals surface area contributed by atoms with Crippen molar-refractivity contribution in [3.63, 3.8) is 0 Å². The van der Waals surface area contributed by atoms with Crippen molar-refractivity contribution in [3.05, 3.63) is 47.0 Å². The summed E-state index contributed by atoms with van der Waals surface area (Å²) in [5.74, 6) is 0. The third-order valence-corrected chi connectivity index (χ3v) is 1.70. The van der Waals surface area contributed by atoms with Gasteiger partial charge in [-0.3, -0.25) is 0 Å². The molecule has 0 amide bonds. The Morgan fingerprint density at radius 2 is 1.91 bits per heavy atom. The normalized spacial score (nSPS) is 13.6. The Kier molecular flexibility index (Phi) is 3.33. The van der Waals surface area contributed by atoms with Crippen molar-refractivity contribution in [1.29, 1.82) is 0 Å². The maximum atomic E-state index is 9.40. The minimum atomic E-state index is -0.504. The average molecular weight is 213 g/mol. The number of rotatable bonds is 2. The zero-order chi connectivity index (χ0) is 8.10. The molecular weight excluding hydrogens is 204 g/mol. The summed E-state index contributed by atoms with van der Waals surface area (Å²) in [5, 5.41) is 9.40. The van der Waals surface area contributed by atoms with E-state index in [1.165, 1.54) is 0 Å². The highest BCUT2D eigenvalue weighted by molar-refractivity contribution is 9.11. The largest absolute Gasteiger partial charge is 0.384 e. The lowest BCUT2D eigenvalue weighted by atomic mass is 10.1. The molecule has 0 saturated carbocycles. The molecule has 1 rings (SSSR count). The fourth-order valence-electron chi connectivity index (χ4n) is 0.830. The molecule has 0 spiro atoms. The van der Waals surface area contributed by atoms with Crippen molar-refractivity contribution in [2.24, 2.45) is 0 Å². The van der Waals surface area contributed by atoms with E-state index in [0.717, 1.165) is 5.56 Å². The van der Waals surface area contributed by atoms with E-state index in [2.05, 4.69) is 15.9 Å². The quantitative estimate of drug-likeness (QED) is 0.800. The van der Waals surface area contributed by atoms with Gasteiger partial charge in [0.05, 0.1) is 6.10 Å². The van der Waals surface area contributed by atoms with Crippen LogP contribution in [-0.2, 0) is 0 Å². The highest BCUT2D eigenvalue weighted by Crippen LogP contribution is 2.13. The smallest absolute Gasteiger partial charge is 0.0979 e. The van der Waals surface area contributed by atoms with Crippen LogP contribution in [0.15, 0.2) is 41.4 Å². The molecule has 0 aliphatic heterocycles. The Morgan fingerprint density at radius 3 is 2.45 bits per heavy atom. The number of hydrogen-bond acceptors (Lipinski definition) is 1. The number of benzene rings is 1. The van der Waals surface area contributed by atoms with Gasteiger partial charge in [0.2, 0.25) is 0 Å². The van der Waals surface area contributed by atoms with Gasteiger partial charge in [-0.1, -0.05) is 46.3 Å². The summed E-state index contributed by atoms with van der Waals surface area (Å²) in [6, 6.07) is 9.50. The van der Waals surface area contributed by atoms with Crippen LogP contribution >= 0.6 is 15.9 Å². The molecule has 0 unspecified atom stereocenters. The van der Waals surface area contributed by atoms with E-state index < -0.39 is 6.10 Å². The number of hydrogen-bond donors (Lipinski definition) is 1. The molecule has 0 radical (unpaired) electrons. The van der Waals surface area contributed by atoms with Crippen LogP contribution in [0.3, 0.4) is 0 Å². The molecule has 1 aromatic carbocycles. The zero-order valence-corrected chi connectivity index (χ0v) is 7.53. The van der Waals surface area contributed by atoms with E-state index in [9.17, 15) is 5.11 Å². The summed E-state index contributed by atoms with van der Waals surface area (Å²) in [6.45, 7) is 0. The van der Waals surface area contributed by atoms with E-state index in [4.69, 9.17) is 0 Å². The second-order valence-electron chi connectivity index (χ2n) is 2.17. The monoisotopic (exact) mass is 212 g/mol. The molecule has 11 heavy (non-hydrogen) atoms. The van der Waals surface area contributed by atoms with E-state index in [0.29, 0.717) is 0 Å². The minimum absolute atomic E-state index is 0.504. The van der Waals surface area contributed by atoms with Crippen LogP contribution in [-0.4, -0.2) is 5.11 Å². The molecule has 0 saturated heterocycles. The lowest BCUT2D eigenvalue weighted by Gasteiger charge is -2.03. The highest BCUT2D eigenvalue weighted by Gasteiger charge is 1.99. The molecule has 0 aliphatic carbocycles. The maximum absolute atomic E-state index is 9.40. The standard InChI is InChI=1S/C9H9BrO/c10-7-6-9(11)8-4-2-1-3-5-8/h1-7,9,11H/b7-6+/t9-/m0/s1. The fraction of sp³-hybridized carbons (Fsp3) is 0.111. The number of aliphatic hydroxyl groups is 1. The van der Waals surface area contributed by atoms with E-state index >= 15 is 0 Å². The van der Waals surface area contributed by atoms with Crippen molar-refractivity contribution in [2.75, 3.05) is 0 Å².